The van der Waals surface area contributed by atoms with E-state index in [9.17, 15) is 19.2 Å². The highest BCUT2D eigenvalue weighted by atomic mass is 16.2. The second kappa shape index (κ2) is 7.24. The van der Waals surface area contributed by atoms with Crippen LogP contribution in [0.3, 0.4) is 0 Å². The molecule has 0 aliphatic carbocycles. The van der Waals surface area contributed by atoms with E-state index in [2.05, 4.69) is 20.6 Å². The van der Waals surface area contributed by atoms with Crippen molar-refractivity contribution in [3.63, 3.8) is 0 Å². The van der Waals surface area contributed by atoms with Crippen LogP contribution in [-0.2, 0) is 9.59 Å². The summed E-state index contributed by atoms with van der Waals surface area (Å²) in [6, 6.07) is 5.64. The largest absolute Gasteiger partial charge is 0.345 e. The normalized spacial score (nSPS) is 11.8. The van der Waals surface area contributed by atoms with E-state index in [0.717, 1.165) is 0 Å². The van der Waals surface area contributed by atoms with Crippen LogP contribution >= 0.6 is 0 Å². The van der Waals surface area contributed by atoms with Gasteiger partial charge in [0.2, 0.25) is 11.8 Å². The lowest BCUT2D eigenvalue weighted by Crippen LogP contribution is -2.40. The van der Waals surface area contributed by atoms with Gasteiger partial charge in [0.15, 0.2) is 0 Å². The second-order valence-electron chi connectivity index (χ2n) is 6.00. The van der Waals surface area contributed by atoms with Crippen molar-refractivity contribution in [3.05, 3.63) is 58.9 Å². The molecule has 3 N–H and O–H groups in total. The molecule has 9 nitrogen and oxygen atoms in total. The lowest BCUT2D eigenvalue weighted by atomic mass is 10.1. The molecule has 0 radical (unpaired) electrons. The second-order valence-corrected chi connectivity index (χ2v) is 6.00. The van der Waals surface area contributed by atoms with Gasteiger partial charge in [0.25, 0.3) is 11.5 Å². The highest BCUT2D eigenvalue weighted by Crippen LogP contribution is 2.18. The molecule has 0 fully saturated rings. The van der Waals surface area contributed by atoms with Crippen molar-refractivity contribution in [1.82, 2.24) is 19.9 Å². The zero-order chi connectivity index (χ0) is 19.6. The Balaban J connectivity index is 1.91. The SMILES string of the molecule is CC(=O)NC(C)C(=O)Nc1ccc2[nH]c(=O)c(C(=O)n3ccnc3)cc2c1. The monoisotopic (exact) mass is 367 g/mol. The summed E-state index contributed by atoms with van der Waals surface area (Å²) in [5.74, 6) is -1.20. The van der Waals surface area contributed by atoms with Crippen molar-refractivity contribution < 1.29 is 14.4 Å². The van der Waals surface area contributed by atoms with Crippen LogP contribution in [0.5, 0.6) is 0 Å². The molecule has 27 heavy (non-hydrogen) atoms. The summed E-state index contributed by atoms with van der Waals surface area (Å²) < 4.78 is 1.21. The van der Waals surface area contributed by atoms with E-state index < -0.39 is 17.5 Å². The van der Waals surface area contributed by atoms with Crippen LogP contribution in [0, 0.1) is 0 Å². The fraction of sp³-hybridized carbons (Fsp3) is 0.167. The Morgan fingerprint density at radius 1 is 1.22 bits per heavy atom. The van der Waals surface area contributed by atoms with Crippen LogP contribution in [0.4, 0.5) is 5.69 Å². The van der Waals surface area contributed by atoms with E-state index in [1.165, 1.54) is 36.3 Å². The van der Waals surface area contributed by atoms with Gasteiger partial charge in [0.1, 0.15) is 17.9 Å². The number of H-pyrrole nitrogens is 1. The molecule has 0 bridgehead atoms. The van der Waals surface area contributed by atoms with Crippen molar-refractivity contribution >= 4 is 34.3 Å². The summed E-state index contributed by atoms with van der Waals surface area (Å²) in [4.78, 5) is 54.2. The molecule has 3 rings (SSSR count). The summed E-state index contributed by atoms with van der Waals surface area (Å²) in [7, 11) is 0. The van der Waals surface area contributed by atoms with E-state index in [0.29, 0.717) is 16.6 Å². The Morgan fingerprint density at radius 2 is 2.00 bits per heavy atom. The van der Waals surface area contributed by atoms with Gasteiger partial charge in [-0.05, 0) is 31.2 Å². The number of aromatic nitrogens is 3. The number of hydrogen-bond donors (Lipinski definition) is 3. The lowest BCUT2D eigenvalue weighted by Gasteiger charge is -2.13. The van der Waals surface area contributed by atoms with Gasteiger partial charge in [0.05, 0.1) is 0 Å². The van der Waals surface area contributed by atoms with E-state index >= 15 is 0 Å². The quantitative estimate of drug-likeness (QED) is 0.631. The summed E-state index contributed by atoms with van der Waals surface area (Å²) in [5, 5.41) is 5.75. The van der Waals surface area contributed by atoms with Crippen LogP contribution in [0.2, 0.25) is 0 Å². The Kier molecular flexibility index (Phi) is 4.84. The number of amides is 2. The van der Waals surface area contributed by atoms with Crippen molar-refractivity contribution in [3.8, 4) is 0 Å². The van der Waals surface area contributed by atoms with E-state index in [1.807, 2.05) is 0 Å². The minimum Gasteiger partial charge on any atom is -0.345 e. The standard InChI is InChI=1S/C18H17N5O4/c1-10(20-11(2)24)16(25)21-13-3-4-15-12(7-13)8-14(17(26)22-15)18(27)23-6-5-19-9-23/h3-10H,1-2H3,(H,20,24)(H,21,25)(H,22,26). The molecule has 0 saturated heterocycles. The summed E-state index contributed by atoms with van der Waals surface area (Å²) in [5.41, 5.74) is 0.431. The predicted octanol–water partition coefficient (Wildman–Crippen LogP) is 0.876. The third kappa shape index (κ3) is 3.92. The van der Waals surface area contributed by atoms with E-state index in [1.54, 1.807) is 25.1 Å². The van der Waals surface area contributed by atoms with Crippen LogP contribution in [0.25, 0.3) is 10.9 Å². The van der Waals surface area contributed by atoms with Gasteiger partial charge in [0, 0.05) is 35.9 Å². The van der Waals surface area contributed by atoms with Gasteiger partial charge in [-0.3, -0.25) is 23.7 Å². The van der Waals surface area contributed by atoms with Crippen molar-refractivity contribution in [2.24, 2.45) is 0 Å². The number of anilines is 1. The molecule has 0 aliphatic rings. The minimum absolute atomic E-state index is 0.0457. The van der Waals surface area contributed by atoms with Gasteiger partial charge < -0.3 is 15.6 Å². The van der Waals surface area contributed by atoms with Gasteiger partial charge >= 0.3 is 0 Å². The molecular weight excluding hydrogens is 350 g/mol. The number of carbonyl (C=O) groups excluding carboxylic acids is 3. The number of nitrogens with zero attached hydrogens (tertiary/aromatic N) is 2. The first-order valence-corrected chi connectivity index (χ1v) is 8.13. The molecule has 2 amide bonds. The lowest BCUT2D eigenvalue weighted by molar-refractivity contribution is -0.124. The molecule has 3 aromatic rings. The number of fused-ring (bicyclic) bond motifs is 1. The Labute approximate surface area is 153 Å². The maximum absolute atomic E-state index is 12.4. The maximum atomic E-state index is 12.4. The van der Waals surface area contributed by atoms with Gasteiger partial charge in [-0.25, -0.2) is 4.98 Å². The van der Waals surface area contributed by atoms with Crippen molar-refractivity contribution in [1.29, 1.82) is 0 Å². The first kappa shape index (κ1) is 18.1. The molecule has 9 heteroatoms. The molecular formula is C18H17N5O4. The summed E-state index contributed by atoms with van der Waals surface area (Å²) in [6.45, 7) is 2.89. The average Bonchev–Trinajstić information content (AvgIpc) is 3.15. The molecule has 1 aromatic carbocycles. The predicted molar refractivity (Wildman–Crippen MR) is 98.4 cm³/mol. The molecule has 138 valence electrons. The smallest absolute Gasteiger partial charge is 0.268 e. The van der Waals surface area contributed by atoms with Crippen molar-refractivity contribution in [2.45, 2.75) is 19.9 Å². The molecule has 2 aromatic heterocycles. The Hall–Kier alpha value is -3.75. The van der Waals surface area contributed by atoms with Crippen molar-refractivity contribution in [2.75, 3.05) is 5.32 Å². The number of rotatable bonds is 4. The van der Waals surface area contributed by atoms with Crippen LogP contribution in [0.1, 0.15) is 24.2 Å². The summed E-state index contributed by atoms with van der Waals surface area (Å²) >= 11 is 0. The zero-order valence-corrected chi connectivity index (χ0v) is 14.6. The van der Waals surface area contributed by atoms with Crippen LogP contribution < -0.4 is 16.2 Å². The van der Waals surface area contributed by atoms with Gasteiger partial charge in [-0.1, -0.05) is 0 Å². The molecule has 2 heterocycles. The minimum atomic E-state index is -0.702. The first-order chi connectivity index (χ1) is 12.8. The number of imidazole rings is 1. The first-order valence-electron chi connectivity index (χ1n) is 8.13. The maximum Gasteiger partial charge on any atom is 0.268 e. The zero-order valence-electron chi connectivity index (χ0n) is 14.6. The number of nitrogens with one attached hydrogen (secondary N) is 3. The molecule has 0 saturated carbocycles. The highest BCUT2D eigenvalue weighted by Gasteiger charge is 2.16. The number of aromatic amines is 1. The third-order valence-electron chi connectivity index (χ3n) is 3.89. The highest BCUT2D eigenvalue weighted by molar-refractivity contribution is 6.00. The third-order valence-corrected chi connectivity index (χ3v) is 3.89. The van der Waals surface area contributed by atoms with Gasteiger partial charge in [-0.15, -0.1) is 0 Å². The number of hydrogen-bond acceptors (Lipinski definition) is 5. The number of benzene rings is 1. The Bertz CT molecular complexity index is 1080. The fourth-order valence-electron chi connectivity index (χ4n) is 2.58. The molecule has 1 atom stereocenters. The fourth-order valence-corrected chi connectivity index (χ4v) is 2.58. The molecule has 0 aliphatic heterocycles. The number of carbonyl (C=O) groups is 3. The average molecular weight is 367 g/mol. The Morgan fingerprint density at radius 3 is 2.67 bits per heavy atom. The van der Waals surface area contributed by atoms with Crippen LogP contribution in [0.15, 0.2) is 47.8 Å². The van der Waals surface area contributed by atoms with Gasteiger partial charge in [-0.2, -0.15) is 0 Å². The molecule has 0 spiro atoms. The number of pyridine rings is 1. The summed E-state index contributed by atoms with van der Waals surface area (Å²) in [6.07, 6.45) is 4.20. The van der Waals surface area contributed by atoms with Crippen LogP contribution in [-0.4, -0.2) is 38.3 Å². The van der Waals surface area contributed by atoms with E-state index in [-0.39, 0.29) is 17.4 Å². The topological polar surface area (TPSA) is 126 Å². The van der Waals surface area contributed by atoms with E-state index in [4.69, 9.17) is 0 Å². The molecule has 1 unspecified atom stereocenters.